The highest BCUT2D eigenvalue weighted by Gasteiger charge is 2.36. The maximum Gasteiger partial charge on any atom is 0.266 e. The summed E-state index contributed by atoms with van der Waals surface area (Å²) in [6.45, 7) is 0. The van der Waals surface area contributed by atoms with Crippen molar-refractivity contribution in [2.45, 2.75) is 17.5 Å². The molecule has 0 unspecified atom stereocenters. The lowest BCUT2D eigenvalue weighted by atomic mass is 10.1. The van der Waals surface area contributed by atoms with Gasteiger partial charge in [-0.3, -0.25) is 9.59 Å². The number of nitrogens with zero attached hydrogens (tertiary/aromatic N) is 1. The summed E-state index contributed by atoms with van der Waals surface area (Å²) in [6, 6.07) is 14.7. The first-order valence-electron chi connectivity index (χ1n) is 6.98. The number of carbonyl (C=O) groups excluding carboxylic acids is 2. The first-order valence-corrected chi connectivity index (χ1v) is 7.86. The Kier molecular flexibility index (Phi) is 2.89. The van der Waals surface area contributed by atoms with Crippen LogP contribution in [-0.2, 0) is 0 Å². The minimum absolute atomic E-state index is 0.232. The number of imide groups is 1. The predicted molar refractivity (Wildman–Crippen MR) is 85.2 cm³/mol. The van der Waals surface area contributed by atoms with Crippen LogP contribution in [0.1, 0.15) is 20.7 Å². The van der Waals surface area contributed by atoms with E-state index >= 15 is 0 Å². The van der Waals surface area contributed by atoms with E-state index in [1.165, 1.54) is 17.5 Å². The van der Waals surface area contributed by atoms with Crippen molar-refractivity contribution in [3.8, 4) is 0 Å². The lowest BCUT2D eigenvalue weighted by Crippen LogP contribution is -2.29. The summed E-state index contributed by atoms with van der Waals surface area (Å²) >= 11 is 1.82. The van der Waals surface area contributed by atoms with Crippen LogP contribution >= 0.6 is 11.6 Å². The van der Waals surface area contributed by atoms with E-state index < -0.39 is 0 Å². The summed E-state index contributed by atoms with van der Waals surface area (Å²) in [5.74, 6) is 0.232. The van der Waals surface area contributed by atoms with Gasteiger partial charge in [0.1, 0.15) is 0 Å². The quantitative estimate of drug-likeness (QED) is 0.641. The third-order valence-corrected chi connectivity index (χ3v) is 5.03. The van der Waals surface area contributed by atoms with E-state index in [0.29, 0.717) is 22.8 Å². The van der Waals surface area contributed by atoms with Crippen LogP contribution in [0.25, 0.3) is 0 Å². The molecule has 5 heteroatoms. The smallest absolute Gasteiger partial charge is 0.266 e. The molecule has 3 nitrogen and oxygen atoms in total. The van der Waals surface area contributed by atoms with E-state index in [-0.39, 0.29) is 11.8 Å². The number of carbonyl (C=O) groups is 2. The van der Waals surface area contributed by atoms with Crippen LogP contribution in [0.4, 0.5) is 5.69 Å². The average molecular weight is 293 g/mol. The summed E-state index contributed by atoms with van der Waals surface area (Å²) in [5.41, 5.74) is 1.64. The molecule has 0 aromatic heterocycles. The highest BCUT2D eigenvalue weighted by atomic mass is 32.2. The normalized spacial score (nSPS) is 16.4. The Balaban J connectivity index is 1.71. The maximum atomic E-state index is 12.5. The van der Waals surface area contributed by atoms with Gasteiger partial charge < -0.3 is 0 Å². The van der Waals surface area contributed by atoms with E-state index in [1.54, 1.807) is 24.3 Å². The Labute approximate surface area is 127 Å². The molecule has 2 aliphatic heterocycles. The Morgan fingerprint density at radius 2 is 1.57 bits per heavy atom. The molecule has 4 rings (SSSR count). The molecule has 21 heavy (non-hydrogen) atoms. The zero-order valence-corrected chi connectivity index (χ0v) is 12.1. The van der Waals surface area contributed by atoms with Crippen LogP contribution in [0, 0.1) is 0 Å². The second kappa shape index (κ2) is 4.77. The van der Waals surface area contributed by atoms with Gasteiger partial charge in [0.05, 0.1) is 16.8 Å². The number of hydrogen-bond donors (Lipinski definition) is 0. The Morgan fingerprint density at radius 3 is 2.19 bits per heavy atom. The third-order valence-electron chi connectivity index (χ3n) is 3.70. The molecule has 1 saturated heterocycles. The van der Waals surface area contributed by atoms with Crippen molar-refractivity contribution in [1.82, 2.24) is 0 Å². The molecule has 0 bridgehead atoms. The number of amides is 2. The van der Waals surface area contributed by atoms with E-state index in [9.17, 15) is 9.59 Å². The first-order chi connectivity index (χ1) is 10.2. The molecule has 0 saturated carbocycles. The van der Waals surface area contributed by atoms with E-state index in [1.807, 2.05) is 35.9 Å². The molecule has 0 radical (unpaired) electrons. The maximum absolute atomic E-state index is 12.5. The third kappa shape index (κ3) is 2.18. The Hall–Kier alpha value is -2.01. The SMILES string of the molecule is O=C1c2ccccc2C(=O)N1c1cccc(SB2CC2)c1. The van der Waals surface area contributed by atoms with E-state index in [0.717, 1.165) is 4.90 Å². The fraction of sp³-hybridized carbons (Fsp3) is 0.125. The fourth-order valence-electron chi connectivity index (χ4n) is 2.50. The van der Waals surface area contributed by atoms with Gasteiger partial charge in [-0.2, -0.15) is 11.6 Å². The van der Waals surface area contributed by atoms with Gasteiger partial charge >= 0.3 is 0 Å². The lowest BCUT2D eigenvalue weighted by Gasteiger charge is -2.14. The summed E-state index contributed by atoms with van der Waals surface area (Å²) in [4.78, 5) is 27.3. The van der Waals surface area contributed by atoms with Gasteiger partial charge in [-0.1, -0.05) is 30.8 Å². The Morgan fingerprint density at radius 1 is 0.905 bits per heavy atom. The minimum Gasteiger partial charge on any atom is -0.268 e. The van der Waals surface area contributed by atoms with E-state index in [4.69, 9.17) is 0 Å². The lowest BCUT2D eigenvalue weighted by molar-refractivity contribution is 0.0926. The number of fused-ring (bicyclic) bond motifs is 1. The summed E-state index contributed by atoms with van der Waals surface area (Å²) < 4.78 is 0. The predicted octanol–water partition coefficient (Wildman–Crippen LogP) is 3.58. The van der Waals surface area contributed by atoms with Crippen molar-refractivity contribution in [2.75, 3.05) is 4.90 Å². The molecular formula is C16H12BNO2S. The number of hydrogen-bond acceptors (Lipinski definition) is 3. The molecule has 2 amide bonds. The molecule has 1 fully saturated rings. The van der Waals surface area contributed by atoms with Crippen molar-refractivity contribution in [1.29, 1.82) is 0 Å². The fourth-order valence-corrected chi connectivity index (χ4v) is 3.60. The molecule has 2 aromatic carbocycles. The molecule has 102 valence electrons. The van der Waals surface area contributed by atoms with Gasteiger partial charge in [0.25, 0.3) is 11.8 Å². The topological polar surface area (TPSA) is 37.4 Å². The first kappa shape index (κ1) is 12.7. The zero-order valence-electron chi connectivity index (χ0n) is 11.3. The zero-order chi connectivity index (χ0) is 14.4. The van der Waals surface area contributed by atoms with Gasteiger partial charge in [0.15, 0.2) is 0 Å². The van der Waals surface area contributed by atoms with Crippen molar-refractivity contribution in [3.63, 3.8) is 0 Å². The molecular weight excluding hydrogens is 281 g/mol. The Bertz CT molecular complexity index is 722. The monoisotopic (exact) mass is 293 g/mol. The largest absolute Gasteiger partial charge is 0.268 e. The molecule has 2 aliphatic rings. The van der Waals surface area contributed by atoms with Crippen molar-refractivity contribution in [3.05, 3.63) is 59.7 Å². The standard InChI is InChI=1S/C16H12BNO2S/c19-15-13-6-1-2-7-14(13)16(20)18(15)11-4-3-5-12(10-11)21-17-8-9-17/h1-7,10H,8-9H2. The van der Waals surface area contributed by atoms with Gasteiger partial charge in [-0.05, 0) is 35.2 Å². The van der Waals surface area contributed by atoms with Crippen molar-refractivity contribution >= 4 is 35.1 Å². The average Bonchev–Trinajstić information content (AvgIpc) is 3.27. The molecule has 2 heterocycles. The number of benzene rings is 2. The van der Waals surface area contributed by atoms with E-state index in [2.05, 4.69) is 0 Å². The van der Waals surface area contributed by atoms with Crippen LogP contribution in [-0.4, -0.2) is 17.8 Å². The van der Waals surface area contributed by atoms with Crippen LogP contribution in [0.15, 0.2) is 53.4 Å². The van der Waals surface area contributed by atoms with Crippen LogP contribution in [0.5, 0.6) is 0 Å². The molecule has 0 atom stereocenters. The van der Waals surface area contributed by atoms with Gasteiger partial charge in [0.2, 0.25) is 5.99 Å². The second-order valence-electron chi connectivity index (χ2n) is 5.31. The molecule has 0 N–H and O–H groups in total. The van der Waals surface area contributed by atoms with Crippen molar-refractivity contribution in [2.24, 2.45) is 0 Å². The molecule has 0 spiro atoms. The van der Waals surface area contributed by atoms with Crippen LogP contribution < -0.4 is 4.90 Å². The van der Waals surface area contributed by atoms with Crippen LogP contribution in [0.2, 0.25) is 12.6 Å². The van der Waals surface area contributed by atoms with Gasteiger partial charge in [-0.25, -0.2) is 4.90 Å². The van der Waals surface area contributed by atoms with Crippen molar-refractivity contribution < 1.29 is 9.59 Å². The summed E-state index contributed by atoms with van der Waals surface area (Å²) in [5, 5.41) is 0. The van der Waals surface area contributed by atoms with Crippen LogP contribution in [0.3, 0.4) is 0 Å². The molecule has 2 aromatic rings. The molecule has 0 aliphatic carbocycles. The number of rotatable bonds is 3. The number of anilines is 1. The second-order valence-corrected chi connectivity index (χ2v) is 6.68. The minimum atomic E-state index is -0.232. The highest BCUT2D eigenvalue weighted by molar-refractivity contribution is 8.26. The summed E-state index contributed by atoms with van der Waals surface area (Å²) in [6.07, 6.45) is 2.50. The van der Waals surface area contributed by atoms with Gasteiger partial charge in [-0.15, -0.1) is 0 Å². The summed E-state index contributed by atoms with van der Waals surface area (Å²) in [7, 11) is 0. The van der Waals surface area contributed by atoms with Gasteiger partial charge in [0, 0.05) is 0 Å². The highest BCUT2D eigenvalue weighted by Crippen LogP contribution is 2.39.